The number of hydrogen-bond acceptors (Lipinski definition) is 4. The lowest BCUT2D eigenvalue weighted by molar-refractivity contribution is -0.126. The summed E-state index contributed by atoms with van der Waals surface area (Å²) in [4.78, 5) is 12.8. The van der Waals surface area contributed by atoms with Crippen LogP contribution in [0.25, 0.3) is 0 Å². The topological polar surface area (TPSA) is 75.7 Å². The quantitative estimate of drug-likeness (QED) is 0.619. The van der Waals surface area contributed by atoms with Gasteiger partial charge in [-0.05, 0) is 55.7 Å². The van der Waals surface area contributed by atoms with E-state index in [1.807, 2.05) is 31.2 Å². The Morgan fingerprint density at radius 1 is 1.23 bits per heavy atom. The number of carbonyl (C=O) groups is 1. The zero-order chi connectivity index (χ0) is 21.9. The van der Waals surface area contributed by atoms with Gasteiger partial charge in [0.05, 0.1) is 13.2 Å². The zero-order valence-electron chi connectivity index (χ0n) is 16.8. The van der Waals surface area contributed by atoms with E-state index in [4.69, 9.17) is 16.3 Å². The lowest BCUT2D eigenvalue weighted by Gasteiger charge is -2.31. The van der Waals surface area contributed by atoms with Gasteiger partial charge in [-0.15, -0.1) is 0 Å². The van der Waals surface area contributed by atoms with Crippen LogP contribution in [0.5, 0.6) is 5.75 Å². The minimum Gasteiger partial charge on any atom is -0.495 e. The molecule has 1 fully saturated rings. The van der Waals surface area contributed by atoms with E-state index >= 15 is 0 Å². The van der Waals surface area contributed by atoms with E-state index < -0.39 is 10.0 Å². The molecule has 0 aromatic heterocycles. The summed E-state index contributed by atoms with van der Waals surface area (Å²) < 4.78 is 33.7. The minimum absolute atomic E-state index is 0.0451. The number of nitrogens with zero attached hydrogens (tertiary/aromatic N) is 1. The Morgan fingerprint density at radius 2 is 1.93 bits per heavy atom. The summed E-state index contributed by atoms with van der Waals surface area (Å²) >= 11 is 9.44. The van der Waals surface area contributed by atoms with Crippen molar-refractivity contribution in [2.24, 2.45) is 5.92 Å². The van der Waals surface area contributed by atoms with Crippen molar-refractivity contribution in [1.82, 2.24) is 9.62 Å². The van der Waals surface area contributed by atoms with Crippen molar-refractivity contribution in [2.45, 2.75) is 30.7 Å². The Bertz CT molecular complexity index is 1020. The summed E-state index contributed by atoms with van der Waals surface area (Å²) in [5, 5.41) is 3.36. The van der Waals surface area contributed by atoms with Crippen molar-refractivity contribution in [3.05, 3.63) is 57.5 Å². The molecule has 30 heavy (non-hydrogen) atoms. The fraction of sp³-hybridized carbons (Fsp3) is 0.381. The highest BCUT2D eigenvalue weighted by Crippen LogP contribution is 2.32. The first kappa shape index (κ1) is 23.1. The second kappa shape index (κ2) is 9.68. The maximum absolute atomic E-state index is 13.1. The first-order valence-corrected chi connectivity index (χ1v) is 12.2. The number of amides is 1. The second-order valence-corrected chi connectivity index (χ2v) is 10.5. The van der Waals surface area contributed by atoms with Crippen molar-refractivity contribution in [2.75, 3.05) is 20.2 Å². The molecule has 0 spiro atoms. The number of hydrogen-bond donors (Lipinski definition) is 1. The van der Waals surface area contributed by atoms with Crippen molar-refractivity contribution < 1.29 is 17.9 Å². The van der Waals surface area contributed by atoms with Gasteiger partial charge in [0.1, 0.15) is 10.6 Å². The number of benzene rings is 2. The smallest absolute Gasteiger partial charge is 0.246 e. The van der Waals surface area contributed by atoms with Crippen LogP contribution >= 0.6 is 27.5 Å². The predicted molar refractivity (Wildman–Crippen MR) is 120 cm³/mol. The van der Waals surface area contributed by atoms with Crippen LogP contribution in [0.1, 0.15) is 31.4 Å². The van der Waals surface area contributed by atoms with Crippen molar-refractivity contribution in [1.29, 1.82) is 0 Å². The van der Waals surface area contributed by atoms with E-state index in [9.17, 15) is 13.2 Å². The normalized spacial score (nSPS) is 16.8. The zero-order valence-corrected chi connectivity index (χ0v) is 19.9. The van der Waals surface area contributed by atoms with Crippen molar-refractivity contribution >= 4 is 43.5 Å². The van der Waals surface area contributed by atoms with Gasteiger partial charge < -0.3 is 10.1 Å². The third-order valence-corrected chi connectivity index (χ3v) is 7.92. The molecule has 0 bridgehead atoms. The molecule has 0 radical (unpaired) electrons. The molecule has 1 saturated heterocycles. The molecule has 162 valence electrons. The summed E-state index contributed by atoms with van der Waals surface area (Å²) in [5.74, 6) is -0.0331. The average Bonchev–Trinajstić information content (AvgIpc) is 2.73. The third kappa shape index (κ3) is 5.17. The van der Waals surface area contributed by atoms with Crippen LogP contribution in [-0.2, 0) is 14.8 Å². The van der Waals surface area contributed by atoms with E-state index in [-0.39, 0.29) is 41.6 Å². The third-order valence-electron chi connectivity index (χ3n) is 5.28. The van der Waals surface area contributed by atoms with Gasteiger partial charge >= 0.3 is 0 Å². The Kier molecular flexibility index (Phi) is 7.44. The van der Waals surface area contributed by atoms with Gasteiger partial charge in [-0.25, -0.2) is 8.42 Å². The second-order valence-electron chi connectivity index (χ2n) is 7.26. The number of piperidine rings is 1. The van der Waals surface area contributed by atoms with Gasteiger partial charge in [0.2, 0.25) is 15.9 Å². The highest BCUT2D eigenvalue weighted by atomic mass is 79.9. The Balaban J connectivity index is 1.64. The molecule has 1 atom stereocenters. The maximum Gasteiger partial charge on any atom is 0.246 e. The first-order chi connectivity index (χ1) is 14.2. The van der Waals surface area contributed by atoms with Gasteiger partial charge in [-0.3, -0.25) is 4.79 Å². The standard InChI is InChI=1S/C21H24BrClN2O4S/c1-14(16-4-3-5-17(22)12-16)24-21(26)15-8-10-25(11-9-15)30(27,28)20-13-18(23)6-7-19(20)29-2/h3-7,12-15H,8-11H2,1-2H3,(H,24,26). The Labute approximate surface area is 190 Å². The number of nitrogens with one attached hydrogen (secondary N) is 1. The van der Waals surface area contributed by atoms with Crippen LogP contribution < -0.4 is 10.1 Å². The molecule has 1 aliphatic heterocycles. The highest BCUT2D eigenvalue weighted by molar-refractivity contribution is 9.10. The molecule has 1 amide bonds. The summed E-state index contributed by atoms with van der Waals surface area (Å²) in [6, 6.07) is 12.2. The molecular weight excluding hydrogens is 492 g/mol. The van der Waals surface area contributed by atoms with Crippen molar-refractivity contribution in [3.63, 3.8) is 0 Å². The van der Waals surface area contributed by atoms with E-state index in [0.29, 0.717) is 17.9 Å². The molecule has 3 rings (SSSR count). The fourth-order valence-corrected chi connectivity index (χ4v) is 5.85. The molecule has 1 N–H and O–H groups in total. The van der Waals surface area contributed by atoms with Gasteiger partial charge in [-0.2, -0.15) is 4.31 Å². The summed E-state index contributed by atoms with van der Waals surface area (Å²) in [6.45, 7) is 2.47. The Hall–Kier alpha value is -1.61. The molecule has 9 heteroatoms. The van der Waals surface area contributed by atoms with Crippen LogP contribution in [-0.4, -0.2) is 38.8 Å². The first-order valence-electron chi connectivity index (χ1n) is 9.62. The molecule has 0 saturated carbocycles. The van der Waals surface area contributed by atoms with E-state index in [0.717, 1.165) is 10.0 Å². The number of methoxy groups -OCH3 is 1. The minimum atomic E-state index is -3.76. The van der Waals surface area contributed by atoms with E-state index in [2.05, 4.69) is 21.2 Å². The molecular formula is C21H24BrClN2O4S. The maximum atomic E-state index is 13.1. The monoisotopic (exact) mass is 514 g/mol. The summed E-state index contributed by atoms with van der Waals surface area (Å²) in [5.41, 5.74) is 1.01. The highest BCUT2D eigenvalue weighted by Gasteiger charge is 2.34. The number of carbonyl (C=O) groups excluding carboxylic acids is 1. The van der Waals surface area contributed by atoms with Gasteiger partial charge in [0, 0.05) is 28.5 Å². The molecule has 6 nitrogen and oxygen atoms in total. The fourth-order valence-electron chi connectivity index (χ4n) is 3.54. The molecule has 1 aliphatic rings. The van der Waals surface area contributed by atoms with Crippen LogP contribution in [0.4, 0.5) is 0 Å². The van der Waals surface area contributed by atoms with Gasteiger partial charge in [-0.1, -0.05) is 39.7 Å². The lowest BCUT2D eigenvalue weighted by Crippen LogP contribution is -2.43. The van der Waals surface area contributed by atoms with E-state index in [1.54, 1.807) is 12.1 Å². The number of halogens is 2. The van der Waals surface area contributed by atoms with Crippen LogP contribution in [0.15, 0.2) is 51.8 Å². The predicted octanol–water partition coefficient (Wildman–Crippen LogP) is 4.39. The molecule has 2 aromatic rings. The molecule has 2 aromatic carbocycles. The number of ether oxygens (including phenoxy) is 1. The summed E-state index contributed by atoms with van der Waals surface area (Å²) in [6.07, 6.45) is 0.915. The molecule has 0 aliphatic carbocycles. The van der Waals surface area contributed by atoms with Crippen LogP contribution in [0.3, 0.4) is 0 Å². The number of rotatable bonds is 6. The summed E-state index contributed by atoms with van der Waals surface area (Å²) in [7, 11) is -2.34. The molecule has 1 heterocycles. The van der Waals surface area contributed by atoms with Gasteiger partial charge in [0.15, 0.2) is 0 Å². The molecule has 1 unspecified atom stereocenters. The van der Waals surface area contributed by atoms with Crippen molar-refractivity contribution in [3.8, 4) is 5.75 Å². The number of sulfonamides is 1. The van der Waals surface area contributed by atoms with Crippen LogP contribution in [0.2, 0.25) is 5.02 Å². The van der Waals surface area contributed by atoms with Crippen LogP contribution in [0, 0.1) is 5.92 Å². The average molecular weight is 516 g/mol. The lowest BCUT2D eigenvalue weighted by atomic mass is 9.96. The SMILES string of the molecule is COc1ccc(Cl)cc1S(=O)(=O)N1CCC(C(=O)NC(C)c2cccc(Br)c2)CC1. The largest absolute Gasteiger partial charge is 0.495 e. The van der Waals surface area contributed by atoms with E-state index in [1.165, 1.54) is 17.5 Å². The van der Waals surface area contributed by atoms with Gasteiger partial charge in [0.25, 0.3) is 0 Å². The Morgan fingerprint density at radius 3 is 2.57 bits per heavy atom.